The summed E-state index contributed by atoms with van der Waals surface area (Å²) < 4.78 is 7.04. The SMILES string of the molecule is Cc1ccn(CCN2CCOCC2)c(=O)c1C(=O)N1CCN(c2nccs2)CC1. The maximum Gasteiger partial charge on any atom is 0.263 e. The maximum absolute atomic E-state index is 13.1. The molecule has 8 nitrogen and oxygen atoms in total. The van der Waals surface area contributed by atoms with E-state index in [0.717, 1.165) is 56.6 Å². The first-order valence-electron chi connectivity index (χ1n) is 10.1. The van der Waals surface area contributed by atoms with Crippen LogP contribution in [-0.4, -0.2) is 84.3 Å². The van der Waals surface area contributed by atoms with Gasteiger partial charge >= 0.3 is 0 Å². The molecular weight excluding hydrogens is 390 g/mol. The molecule has 2 aromatic rings. The van der Waals surface area contributed by atoms with Crippen molar-refractivity contribution in [3.63, 3.8) is 0 Å². The summed E-state index contributed by atoms with van der Waals surface area (Å²) >= 11 is 1.61. The molecule has 29 heavy (non-hydrogen) atoms. The van der Waals surface area contributed by atoms with Gasteiger partial charge in [0.2, 0.25) is 0 Å². The van der Waals surface area contributed by atoms with E-state index in [4.69, 9.17) is 4.74 Å². The minimum absolute atomic E-state index is 0.160. The molecule has 0 N–H and O–H groups in total. The van der Waals surface area contributed by atoms with Crippen molar-refractivity contribution in [3.05, 3.63) is 45.3 Å². The number of amides is 1. The van der Waals surface area contributed by atoms with Gasteiger partial charge in [0.15, 0.2) is 5.13 Å². The predicted octanol–water partition coefficient (Wildman–Crippen LogP) is 0.908. The zero-order valence-corrected chi connectivity index (χ0v) is 17.6. The molecule has 156 valence electrons. The van der Waals surface area contributed by atoms with Crippen molar-refractivity contribution < 1.29 is 9.53 Å². The van der Waals surface area contributed by atoms with Gasteiger partial charge in [0, 0.05) is 70.1 Å². The highest BCUT2D eigenvalue weighted by molar-refractivity contribution is 7.13. The summed E-state index contributed by atoms with van der Waals surface area (Å²) in [7, 11) is 0. The lowest BCUT2D eigenvalue weighted by molar-refractivity contribution is 0.0362. The number of hydrogen-bond donors (Lipinski definition) is 0. The van der Waals surface area contributed by atoms with Crippen LogP contribution in [0.4, 0.5) is 5.13 Å². The fraction of sp³-hybridized carbons (Fsp3) is 0.550. The lowest BCUT2D eigenvalue weighted by Gasteiger charge is -2.34. The van der Waals surface area contributed by atoms with Crippen LogP contribution >= 0.6 is 11.3 Å². The number of carbonyl (C=O) groups excluding carboxylic acids is 1. The zero-order chi connectivity index (χ0) is 20.2. The summed E-state index contributed by atoms with van der Waals surface area (Å²) in [5.74, 6) is -0.160. The topological polar surface area (TPSA) is 70.9 Å². The lowest BCUT2D eigenvalue weighted by atomic mass is 10.1. The average Bonchev–Trinajstić information content (AvgIpc) is 3.29. The molecule has 1 amide bonds. The fourth-order valence-corrected chi connectivity index (χ4v) is 4.50. The first-order valence-corrected chi connectivity index (χ1v) is 11.0. The van der Waals surface area contributed by atoms with Crippen molar-refractivity contribution in [2.45, 2.75) is 13.5 Å². The summed E-state index contributed by atoms with van der Waals surface area (Å²) in [6, 6.07) is 1.87. The number of morpholine rings is 1. The monoisotopic (exact) mass is 417 g/mol. The Bertz CT molecular complexity index is 884. The minimum Gasteiger partial charge on any atom is -0.379 e. The van der Waals surface area contributed by atoms with E-state index in [1.54, 1.807) is 33.2 Å². The van der Waals surface area contributed by atoms with Crippen LogP contribution in [-0.2, 0) is 11.3 Å². The van der Waals surface area contributed by atoms with Gasteiger partial charge in [-0.05, 0) is 18.6 Å². The Balaban J connectivity index is 1.43. The van der Waals surface area contributed by atoms with Crippen LogP contribution in [0.5, 0.6) is 0 Å². The number of hydrogen-bond acceptors (Lipinski definition) is 7. The Morgan fingerprint density at radius 3 is 2.59 bits per heavy atom. The number of aryl methyl sites for hydroxylation is 1. The molecule has 0 aliphatic carbocycles. The van der Waals surface area contributed by atoms with Gasteiger partial charge in [-0.25, -0.2) is 4.98 Å². The highest BCUT2D eigenvalue weighted by Gasteiger charge is 2.26. The third-order valence-electron chi connectivity index (χ3n) is 5.60. The molecule has 2 fully saturated rings. The van der Waals surface area contributed by atoms with E-state index in [1.807, 2.05) is 18.4 Å². The normalized spacial score (nSPS) is 18.2. The first-order chi connectivity index (χ1) is 14.1. The van der Waals surface area contributed by atoms with Gasteiger partial charge in [-0.15, -0.1) is 11.3 Å². The molecular formula is C20H27N5O3S. The molecule has 0 bridgehead atoms. The van der Waals surface area contributed by atoms with Gasteiger partial charge in [-0.2, -0.15) is 0 Å². The number of aromatic nitrogens is 2. The van der Waals surface area contributed by atoms with E-state index in [2.05, 4.69) is 14.8 Å². The van der Waals surface area contributed by atoms with Gasteiger partial charge in [-0.1, -0.05) is 0 Å². The van der Waals surface area contributed by atoms with Crippen molar-refractivity contribution in [1.29, 1.82) is 0 Å². The highest BCUT2D eigenvalue weighted by atomic mass is 32.1. The Labute approximate surface area is 174 Å². The predicted molar refractivity (Wildman–Crippen MR) is 113 cm³/mol. The summed E-state index contributed by atoms with van der Waals surface area (Å²) in [5, 5.41) is 2.94. The fourth-order valence-electron chi connectivity index (χ4n) is 3.81. The summed E-state index contributed by atoms with van der Waals surface area (Å²) in [6.07, 6.45) is 3.60. The first kappa shape index (κ1) is 20.1. The molecule has 2 aliphatic rings. The molecule has 0 atom stereocenters. The molecule has 2 aromatic heterocycles. The Morgan fingerprint density at radius 1 is 1.14 bits per heavy atom. The molecule has 0 unspecified atom stereocenters. The number of carbonyl (C=O) groups is 1. The van der Waals surface area contributed by atoms with Crippen molar-refractivity contribution in [2.75, 3.05) is 63.9 Å². The van der Waals surface area contributed by atoms with Crippen LogP contribution in [0.3, 0.4) is 0 Å². The molecule has 0 aromatic carbocycles. The number of piperazine rings is 1. The van der Waals surface area contributed by atoms with Gasteiger partial charge in [-0.3, -0.25) is 14.5 Å². The van der Waals surface area contributed by atoms with Crippen molar-refractivity contribution in [3.8, 4) is 0 Å². The van der Waals surface area contributed by atoms with E-state index in [1.165, 1.54) is 0 Å². The van der Waals surface area contributed by atoms with Crippen molar-refractivity contribution >= 4 is 22.4 Å². The van der Waals surface area contributed by atoms with E-state index < -0.39 is 0 Å². The van der Waals surface area contributed by atoms with Gasteiger partial charge < -0.3 is 19.1 Å². The van der Waals surface area contributed by atoms with E-state index in [0.29, 0.717) is 25.2 Å². The molecule has 9 heteroatoms. The second-order valence-corrected chi connectivity index (χ2v) is 8.29. The van der Waals surface area contributed by atoms with Crippen LogP contribution in [0.1, 0.15) is 15.9 Å². The van der Waals surface area contributed by atoms with Crippen LogP contribution in [0.25, 0.3) is 0 Å². The number of pyridine rings is 1. The second-order valence-electron chi connectivity index (χ2n) is 7.42. The molecule has 0 spiro atoms. The summed E-state index contributed by atoms with van der Waals surface area (Å²) in [6.45, 7) is 9.10. The summed E-state index contributed by atoms with van der Waals surface area (Å²) in [5.41, 5.74) is 0.854. The van der Waals surface area contributed by atoms with Crippen molar-refractivity contribution in [2.24, 2.45) is 0 Å². The summed E-state index contributed by atoms with van der Waals surface area (Å²) in [4.78, 5) is 36.8. The number of nitrogens with zero attached hydrogens (tertiary/aromatic N) is 5. The zero-order valence-electron chi connectivity index (χ0n) is 16.7. The van der Waals surface area contributed by atoms with Gasteiger partial charge in [0.1, 0.15) is 5.56 Å². The Morgan fingerprint density at radius 2 is 1.90 bits per heavy atom. The number of anilines is 1. The Kier molecular flexibility index (Phi) is 6.27. The standard InChI is InChI=1S/C20H27N5O3S/c1-16-2-4-23(6-5-22-11-13-28-14-12-22)18(26)17(16)19(27)24-7-9-25(10-8-24)20-21-3-15-29-20/h2-4,15H,5-14H2,1H3. The average molecular weight is 418 g/mol. The Hall–Kier alpha value is -2.23. The molecule has 0 radical (unpaired) electrons. The number of ether oxygens (including phenoxy) is 1. The largest absolute Gasteiger partial charge is 0.379 e. The van der Waals surface area contributed by atoms with E-state index in [-0.39, 0.29) is 11.5 Å². The lowest BCUT2D eigenvalue weighted by Crippen LogP contribution is -2.50. The molecule has 2 saturated heterocycles. The third-order valence-corrected chi connectivity index (χ3v) is 6.44. The molecule has 4 heterocycles. The van der Waals surface area contributed by atoms with Crippen LogP contribution in [0.2, 0.25) is 0 Å². The molecule has 0 saturated carbocycles. The number of rotatable bonds is 5. The van der Waals surface area contributed by atoms with Gasteiger partial charge in [0.05, 0.1) is 13.2 Å². The smallest absolute Gasteiger partial charge is 0.263 e. The minimum atomic E-state index is -0.189. The van der Waals surface area contributed by atoms with E-state index in [9.17, 15) is 9.59 Å². The van der Waals surface area contributed by atoms with Crippen LogP contribution in [0, 0.1) is 6.92 Å². The van der Waals surface area contributed by atoms with Crippen LogP contribution < -0.4 is 10.5 Å². The maximum atomic E-state index is 13.1. The second kappa shape index (κ2) is 9.06. The van der Waals surface area contributed by atoms with E-state index >= 15 is 0 Å². The van der Waals surface area contributed by atoms with Gasteiger partial charge in [0.25, 0.3) is 11.5 Å². The third kappa shape index (κ3) is 4.52. The molecule has 4 rings (SSSR count). The van der Waals surface area contributed by atoms with Crippen LogP contribution in [0.15, 0.2) is 28.6 Å². The van der Waals surface area contributed by atoms with Crippen molar-refractivity contribution in [1.82, 2.24) is 19.4 Å². The molecule has 2 aliphatic heterocycles. The number of thiazole rings is 1. The highest BCUT2D eigenvalue weighted by Crippen LogP contribution is 2.19. The quantitative estimate of drug-likeness (QED) is 0.720.